The van der Waals surface area contributed by atoms with Gasteiger partial charge in [0.1, 0.15) is 17.2 Å². The van der Waals surface area contributed by atoms with Gasteiger partial charge in [-0.25, -0.2) is 0 Å². The Kier molecular flexibility index (Phi) is 58.4. The number of hydrogen-bond acceptors (Lipinski definition) is 3. The number of hydrogen-bond donors (Lipinski definition) is 3. The Balaban J connectivity index is -0.000000190. The Morgan fingerprint density at radius 3 is 0.576 bits per heavy atom. The van der Waals surface area contributed by atoms with Crippen molar-refractivity contribution in [1.82, 2.24) is 0 Å². The first kappa shape index (κ1) is 62.9. The minimum atomic E-state index is 0.322. The number of phenols is 3. The third kappa shape index (κ3) is 47.0. The summed E-state index contributed by atoms with van der Waals surface area (Å²) in [7, 11) is 0. The van der Waals surface area contributed by atoms with E-state index in [-0.39, 0.29) is 0 Å². The van der Waals surface area contributed by atoms with Crippen LogP contribution in [0.15, 0.2) is 176 Å². The third-order valence-electron chi connectivity index (χ3n) is 6.74. The van der Waals surface area contributed by atoms with Crippen molar-refractivity contribution >= 4 is 0 Å². The van der Waals surface area contributed by atoms with Crippen LogP contribution < -0.4 is 0 Å². The average Bonchev–Trinajstić information content (AvgIpc) is 3.32. The first-order chi connectivity index (χ1) is 28.8. The van der Waals surface area contributed by atoms with Gasteiger partial charge < -0.3 is 15.3 Å². The zero-order chi connectivity index (χ0) is 45.8. The number of benzene rings is 6. The van der Waals surface area contributed by atoms with E-state index in [4.69, 9.17) is 15.3 Å². The predicted molar refractivity (Wildman–Crippen MR) is 267 cm³/mol. The van der Waals surface area contributed by atoms with Gasteiger partial charge in [0.15, 0.2) is 0 Å². The molecule has 0 fully saturated rings. The number of aryl methyl sites for hydroxylation is 4. The number of rotatable bonds is 5. The first-order valence-electron chi connectivity index (χ1n) is 22.2. The molecular weight excluding hydrogens is 721 g/mol. The molecule has 0 aromatic heterocycles. The molecule has 3 N–H and O–H groups in total. The fraction of sp³-hybridized carbons (Fsp3) is 0.357. The summed E-state index contributed by atoms with van der Waals surface area (Å²) in [6.45, 7) is 29.0. The lowest BCUT2D eigenvalue weighted by Crippen LogP contribution is -1.84. The Hall–Kier alpha value is -5.28. The van der Waals surface area contributed by atoms with Gasteiger partial charge in [-0.3, -0.25) is 0 Å². The molecule has 59 heavy (non-hydrogen) atoms. The second kappa shape index (κ2) is 54.8. The Labute approximate surface area is 364 Å². The van der Waals surface area contributed by atoms with Crippen molar-refractivity contribution in [2.45, 2.75) is 135 Å². The molecule has 328 valence electrons. The molecule has 0 heterocycles. The minimum absolute atomic E-state index is 0.322. The number of aromatic hydroxyl groups is 3. The second-order valence-corrected chi connectivity index (χ2v) is 11.3. The maximum atomic E-state index is 8.63. The van der Waals surface area contributed by atoms with E-state index in [1.807, 2.05) is 110 Å². The van der Waals surface area contributed by atoms with Crippen molar-refractivity contribution in [3.63, 3.8) is 0 Å². The SMILES string of the molecule is CC.CC.CC.CC.CCC.CCCc1ccc(CC)cc1.CCc1ccc(CC)cc1.Oc1ccccc1.Oc1ccccc1.Oc1ccccc1.c1ccccc1. The molecule has 0 aliphatic heterocycles. The quantitative estimate of drug-likeness (QED) is 0.163. The molecule has 0 bridgehead atoms. The summed E-state index contributed by atoms with van der Waals surface area (Å²) in [5.41, 5.74) is 5.75. The van der Waals surface area contributed by atoms with E-state index in [0.717, 1.165) is 19.3 Å². The fourth-order valence-corrected chi connectivity index (χ4v) is 3.91. The minimum Gasteiger partial charge on any atom is -0.508 e. The van der Waals surface area contributed by atoms with Gasteiger partial charge in [-0.2, -0.15) is 0 Å². The molecule has 0 atom stereocenters. The van der Waals surface area contributed by atoms with Crippen molar-refractivity contribution < 1.29 is 15.3 Å². The van der Waals surface area contributed by atoms with Crippen molar-refractivity contribution in [1.29, 1.82) is 0 Å². The standard InChI is InChI=1S/C11H16.C10H14.3C6H6O.C6H6.C3H8.4C2H6/c1-3-5-11-8-6-10(4-2)7-9-11;1-3-9-5-7-10(4-2)8-6-9;3*7-6-4-2-1-3-5-6;1-2-4-6-5-3-1;1-3-2;4*1-2/h6-9H,3-5H2,1-2H3;5-8H,3-4H2,1-2H3;3*1-5,7H;1-6H;3H2,1-2H3;4*1-2H3. The van der Waals surface area contributed by atoms with Crippen LogP contribution in [-0.2, 0) is 25.7 Å². The molecule has 0 amide bonds. The Bertz CT molecular complexity index is 1380. The van der Waals surface area contributed by atoms with E-state index < -0.39 is 0 Å². The zero-order valence-electron chi connectivity index (χ0n) is 39.8. The number of phenolic OH excluding ortho intramolecular Hbond substituents is 3. The summed E-state index contributed by atoms with van der Waals surface area (Å²) >= 11 is 0. The van der Waals surface area contributed by atoms with E-state index in [9.17, 15) is 0 Å². The van der Waals surface area contributed by atoms with Crippen LogP contribution in [0.5, 0.6) is 17.2 Å². The third-order valence-corrected chi connectivity index (χ3v) is 6.74. The van der Waals surface area contributed by atoms with Gasteiger partial charge in [0, 0.05) is 0 Å². The van der Waals surface area contributed by atoms with Crippen LogP contribution in [0.4, 0.5) is 0 Å². The van der Waals surface area contributed by atoms with Crippen LogP contribution in [0, 0.1) is 0 Å². The van der Waals surface area contributed by atoms with Crippen molar-refractivity contribution in [2.24, 2.45) is 0 Å². The summed E-state index contributed by atoms with van der Waals surface area (Å²) in [5, 5.41) is 25.9. The first-order valence-corrected chi connectivity index (χ1v) is 22.2. The highest BCUT2D eigenvalue weighted by atomic mass is 16.3. The molecule has 3 heteroatoms. The molecule has 6 rings (SSSR count). The second-order valence-electron chi connectivity index (χ2n) is 11.3. The van der Waals surface area contributed by atoms with Crippen molar-refractivity contribution in [2.75, 3.05) is 0 Å². The topological polar surface area (TPSA) is 60.7 Å². The van der Waals surface area contributed by atoms with Gasteiger partial charge in [-0.05, 0) is 84.3 Å². The van der Waals surface area contributed by atoms with Gasteiger partial charge in [0.2, 0.25) is 0 Å². The van der Waals surface area contributed by atoms with Gasteiger partial charge in [0.25, 0.3) is 0 Å². The summed E-state index contributed by atoms with van der Waals surface area (Å²) in [5.74, 6) is 0.965. The fourth-order valence-electron chi connectivity index (χ4n) is 3.91. The van der Waals surface area contributed by atoms with Crippen molar-refractivity contribution in [3.8, 4) is 17.2 Å². The van der Waals surface area contributed by atoms with E-state index >= 15 is 0 Å². The molecule has 0 unspecified atom stereocenters. The molecule has 0 saturated heterocycles. The summed E-state index contributed by atoms with van der Waals surface area (Å²) in [6.07, 6.45) is 7.13. The lowest BCUT2D eigenvalue weighted by molar-refractivity contribution is 0.475. The summed E-state index contributed by atoms with van der Waals surface area (Å²) < 4.78 is 0. The van der Waals surface area contributed by atoms with E-state index in [1.165, 1.54) is 41.5 Å². The van der Waals surface area contributed by atoms with Crippen molar-refractivity contribution in [3.05, 3.63) is 198 Å². The molecule has 0 saturated carbocycles. The monoisotopic (exact) mass is 807 g/mol. The molecule has 0 aliphatic rings. The lowest BCUT2D eigenvalue weighted by Gasteiger charge is -1.99. The van der Waals surface area contributed by atoms with Gasteiger partial charge in [0.05, 0.1) is 0 Å². The molecule has 0 spiro atoms. The maximum absolute atomic E-state index is 8.63. The van der Waals surface area contributed by atoms with Crippen LogP contribution in [0.25, 0.3) is 0 Å². The Morgan fingerprint density at radius 1 is 0.271 bits per heavy atom. The van der Waals surface area contributed by atoms with Crippen LogP contribution in [0.1, 0.15) is 132 Å². The summed E-state index contributed by atoms with van der Waals surface area (Å²) in [4.78, 5) is 0. The average molecular weight is 807 g/mol. The molecule has 0 aliphatic carbocycles. The highest BCUT2D eigenvalue weighted by Crippen LogP contribution is 2.07. The molecule has 0 radical (unpaired) electrons. The van der Waals surface area contributed by atoms with Crippen LogP contribution in [0.3, 0.4) is 0 Å². The highest BCUT2D eigenvalue weighted by Gasteiger charge is 1.91. The highest BCUT2D eigenvalue weighted by molar-refractivity contribution is 5.23. The lowest BCUT2D eigenvalue weighted by atomic mass is 10.1. The van der Waals surface area contributed by atoms with Gasteiger partial charge >= 0.3 is 0 Å². The Morgan fingerprint density at radius 2 is 0.441 bits per heavy atom. The molecule has 6 aromatic carbocycles. The predicted octanol–water partition coefficient (Wildman–Crippen LogP) is 17.4. The maximum Gasteiger partial charge on any atom is 0.115 e. The molecular formula is C56H86O3. The van der Waals surface area contributed by atoms with Crippen LogP contribution >= 0.6 is 0 Å². The molecule has 3 nitrogen and oxygen atoms in total. The number of para-hydroxylation sites is 3. The normalized spacial score (nSPS) is 8.10. The van der Waals surface area contributed by atoms with Crippen LogP contribution in [-0.4, -0.2) is 15.3 Å². The van der Waals surface area contributed by atoms with Gasteiger partial charge in [-0.15, -0.1) is 0 Å². The van der Waals surface area contributed by atoms with E-state index in [1.54, 1.807) is 72.8 Å². The summed E-state index contributed by atoms with van der Waals surface area (Å²) in [6, 6.07) is 55.9. The van der Waals surface area contributed by atoms with E-state index in [2.05, 4.69) is 90.1 Å². The largest absolute Gasteiger partial charge is 0.508 e. The van der Waals surface area contributed by atoms with Crippen LogP contribution in [0.2, 0.25) is 0 Å². The smallest absolute Gasteiger partial charge is 0.115 e. The van der Waals surface area contributed by atoms with E-state index in [0.29, 0.717) is 17.2 Å². The van der Waals surface area contributed by atoms with Gasteiger partial charge in [-0.1, -0.05) is 249 Å². The zero-order valence-corrected chi connectivity index (χ0v) is 39.8. The molecule has 6 aromatic rings.